The van der Waals surface area contributed by atoms with Crippen molar-refractivity contribution in [3.63, 3.8) is 0 Å². The first-order valence-electron chi connectivity index (χ1n) is 7.73. The fourth-order valence-electron chi connectivity index (χ4n) is 2.94. The maximum absolute atomic E-state index is 14.3. The van der Waals surface area contributed by atoms with Gasteiger partial charge in [0.15, 0.2) is 11.6 Å². The molecule has 1 aromatic rings. The largest absolute Gasteiger partial charge is 0.368 e. The van der Waals surface area contributed by atoms with Crippen LogP contribution in [0.1, 0.15) is 50.4 Å². The number of rotatable bonds is 4. The SMILES string of the molecule is CCNc1nccc(C(=O)NC2CCCC(C)C2C)c1F. The van der Waals surface area contributed by atoms with E-state index in [-0.39, 0.29) is 23.3 Å². The molecule has 0 bridgehead atoms. The lowest BCUT2D eigenvalue weighted by Crippen LogP contribution is -2.44. The molecule has 1 saturated carbocycles. The molecule has 3 unspecified atom stereocenters. The maximum Gasteiger partial charge on any atom is 0.254 e. The molecule has 0 radical (unpaired) electrons. The van der Waals surface area contributed by atoms with Crippen molar-refractivity contribution in [2.75, 3.05) is 11.9 Å². The normalized spacial score (nSPS) is 25.4. The van der Waals surface area contributed by atoms with E-state index >= 15 is 0 Å². The Morgan fingerprint density at radius 2 is 2.19 bits per heavy atom. The standard InChI is InChI=1S/C16H24FN3O/c1-4-18-15-14(17)12(8-9-19-15)16(21)20-13-7-5-6-10(2)11(13)3/h8-11,13H,4-7H2,1-3H3,(H,18,19)(H,20,21). The summed E-state index contributed by atoms with van der Waals surface area (Å²) in [6.45, 7) is 6.78. The molecule has 4 nitrogen and oxygen atoms in total. The molecule has 1 aliphatic rings. The molecule has 0 aromatic carbocycles. The predicted molar refractivity (Wildman–Crippen MR) is 81.8 cm³/mol. The van der Waals surface area contributed by atoms with Crippen molar-refractivity contribution in [2.45, 2.75) is 46.1 Å². The summed E-state index contributed by atoms with van der Waals surface area (Å²) >= 11 is 0. The Bertz CT molecular complexity index is 506. The van der Waals surface area contributed by atoms with Crippen LogP contribution in [0.4, 0.5) is 10.2 Å². The zero-order valence-electron chi connectivity index (χ0n) is 12.9. The van der Waals surface area contributed by atoms with Gasteiger partial charge in [-0.05, 0) is 31.2 Å². The summed E-state index contributed by atoms with van der Waals surface area (Å²) in [6.07, 6.45) is 4.73. The molecule has 1 fully saturated rings. The van der Waals surface area contributed by atoms with Gasteiger partial charge in [-0.3, -0.25) is 4.79 Å². The molecule has 2 N–H and O–H groups in total. The van der Waals surface area contributed by atoms with E-state index in [0.29, 0.717) is 18.4 Å². The van der Waals surface area contributed by atoms with Crippen molar-refractivity contribution in [1.82, 2.24) is 10.3 Å². The Kier molecular flexibility index (Phi) is 5.15. The van der Waals surface area contributed by atoms with E-state index in [4.69, 9.17) is 0 Å². The average Bonchev–Trinajstić information content (AvgIpc) is 2.46. The Labute approximate surface area is 125 Å². The van der Waals surface area contributed by atoms with E-state index in [0.717, 1.165) is 12.8 Å². The summed E-state index contributed by atoms with van der Waals surface area (Å²) in [5.74, 6) is 0.216. The second-order valence-electron chi connectivity index (χ2n) is 5.90. The summed E-state index contributed by atoms with van der Waals surface area (Å²) in [5.41, 5.74) is 0.0615. The zero-order chi connectivity index (χ0) is 15.4. The Hall–Kier alpha value is -1.65. The monoisotopic (exact) mass is 293 g/mol. The number of pyridine rings is 1. The number of hydrogen-bond acceptors (Lipinski definition) is 3. The highest BCUT2D eigenvalue weighted by Gasteiger charge is 2.29. The van der Waals surface area contributed by atoms with Crippen molar-refractivity contribution >= 4 is 11.7 Å². The Morgan fingerprint density at radius 1 is 1.43 bits per heavy atom. The van der Waals surface area contributed by atoms with Gasteiger partial charge in [0.05, 0.1) is 5.56 Å². The number of hydrogen-bond donors (Lipinski definition) is 2. The first kappa shape index (κ1) is 15.7. The van der Waals surface area contributed by atoms with Gasteiger partial charge < -0.3 is 10.6 Å². The van der Waals surface area contributed by atoms with Gasteiger partial charge in [0.25, 0.3) is 5.91 Å². The van der Waals surface area contributed by atoms with Gasteiger partial charge in [-0.15, -0.1) is 0 Å². The Balaban J connectivity index is 2.11. The second kappa shape index (κ2) is 6.87. The third-order valence-corrected chi connectivity index (χ3v) is 4.50. The molecule has 0 saturated heterocycles. The molecule has 116 valence electrons. The van der Waals surface area contributed by atoms with Crippen LogP contribution < -0.4 is 10.6 Å². The smallest absolute Gasteiger partial charge is 0.254 e. The van der Waals surface area contributed by atoms with Gasteiger partial charge in [0.2, 0.25) is 0 Å². The van der Waals surface area contributed by atoms with Crippen LogP contribution in [-0.4, -0.2) is 23.5 Å². The molecule has 0 spiro atoms. The van der Waals surface area contributed by atoms with E-state index in [2.05, 4.69) is 29.5 Å². The molecule has 1 amide bonds. The average molecular weight is 293 g/mol. The summed E-state index contributed by atoms with van der Waals surface area (Å²) in [4.78, 5) is 16.3. The molecule has 3 atom stereocenters. The van der Waals surface area contributed by atoms with E-state index in [1.165, 1.54) is 18.7 Å². The highest BCUT2D eigenvalue weighted by Crippen LogP contribution is 2.29. The first-order valence-corrected chi connectivity index (χ1v) is 7.73. The topological polar surface area (TPSA) is 54.0 Å². The highest BCUT2D eigenvalue weighted by atomic mass is 19.1. The van der Waals surface area contributed by atoms with E-state index in [1.54, 1.807) is 0 Å². The second-order valence-corrected chi connectivity index (χ2v) is 5.90. The molecule has 1 heterocycles. The summed E-state index contributed by atoms with van der Waals surface area (Å²) in [7, 11) is 0. The number of aromatic nitrogens is 1. The fourth-order valence-corrected chi connectivity index (χ4v) is 2.94. The molecule has 5 heteroatoms. The van der Waals surface area contributed by atoms with Crippen molar-refractivity contribution in [1.29, 1.82) is 0 Å². The number of nitrogens with one attached hydrogen (secondary N) is 2. The number of anilines is 1. The quantitative estimate of drug-likeness (QED) is 0.896. The van der Waals surface area contributed by atoms with Gasteiger partial charge in [0, 0.05) is 18.8 Å². The van der Waals surface area contributed by atoms with Gasteiger partial charge in [0.1, 0.15) is 0 Å². The maximum atomic E-state index is 14.3. The van der Waals surface area contributed by atoms with Crippen LogP contribution in [0.2, 0.25) is 0 Å². The minimum Gasteiger partial charge on any atom is -0.368 e. The van der Waals surface area contributed by atoms with Crippen molar-refractivity contribution in [2.24, 2.45) is 11.8 Å². The molecule has 2 rings (SSSR count). The molecular weight excluding hydrogens is 269 g/mol. The molecule has 1 aliphatic carbocycles. The number of carbonyl (C=O) groups is 1. The zero-order valence-corrected chi connectivity index (χ0v) is 12.9. The lowest BCUT2D eigenvalue weighted by Gasteiger charge is -2.34. The van der Waals surface area contributed by atoms with Crippen LogP contribution in [0.5, 0.6) is 0 Å². The van der Waals surface area contributed by atoms with Gasteiger partial charge >= 0.3 is 0 Å². The molecule has 0 aliphatic heterocycles. The highest BCUT2D eigenvalue weighted by molar-refractivity contribution is 5.95. The molecule has 21 heavy (non-hydrogen) atoms. The number of halogens is 1. The lowest BCUT2D eigenvalue weighted by molar-refractivity contribution is 0.0887. The fraction of sp³-hybridized carbons (Fsp3) is 0.625. The Morgan fingerprint density at radius 3 is 2.90 bits per heavy atom. The summed E-state index contributed by atoms with van der Waals surface area (Å²) in [5, 5.41) is 5.82. The third-order valence-electron chi connectivity index (χ3n) is 4.50. The van der Waals surface area contributed by atoms with Crippen LogP contribution in [0.15, 0.2) is 12.3 Å². The van der Waals surface area contributed by atoms with E-state index in [9.17, 15) is 9.18 Å². The molecule has 1 aromatic heterocycles. The van der Waals surface area contributed by atoms with Gasteiger partial charge in [-0.1, -0.05) is 26.7 Å². The minimum atomic E-state index is -0.576. The van der Waals surface area contributed by atoms with Gasteiger partial charge in [-0.25, -0.2) is 9.37 Å². The first-order chi connectivity index (χ1) is 10.0. The minimum absolute atomic E-state index is 0.0615. The van der Waals surface area contributed by atoms with Crippen LogP contribution in [0, 0.1) is 17.7 Å². The van der Waals surface area contributed by atoms with Crippen LogP contribution in [0.25, 0.3) is 0 Å². The number of amides is 1. The van der Waals surface area contributed by atoms with Crippen LogP contribution in [0.3, 0.4) is 0 Å². The van der Waals surface area contributed by atoms with Crippen molar-refractivity contribution < 1.29 is 9.18 Å². The third kappa shape index (κ3) is 3.52. The van der Waals surface area contributed by atoms with Crippen molar-refractivity contribution in [3.8, 4) is 0 Å². The predicted octanol–water partition coefficient (Wildman–Crippen LogP) is 3.21. The summed E-state index contributed by atoms with van der Waals surface area (Å²) < 4.78 is 14.3. The van der Waals surface area contributed by atoms with Gasteiger partial charge in [-0.2, -0.15) is 0 Å². The number of carbonyl (C=O) groups excluding carboxylic acids is 1. The van der Waals surface area contributed by atoms with E-state index in [1.807, 2.05) is 6.92 Å². The van der Waals surface area contributed by atoms with Crippen LogP contribution >= 0.6 is 0 Å². The lowest BCUT2D eigenvalue weighted by atomic mass is 9.78. The molecular formula is C16H24FN3O. The van der Waals surface area contributed by atoms with E-state index < -0.39 is 5.82 Å². The summed E-state index contributed by atoms with van der Waals surface area (Å²) in [6, 6.07) is 1.55. The van der Waals surface area contributed by atoms with Crippen LogP contribution in [-0.2, 0) is 0 Å². The number of nitrogens with zero attached hydrogens (tertiary/aromatic N) is 1. The van der Waals surface area contributed by atoms with Crippen molar-refractivity contribution in [3.05, 3.63) is 23.6 Å².